The van der Waals surface area contributed by atoms with Gasteiger partial charge in [-0.3, -0.25) is 4.79 Å². The summed E-state index contributed by atoms with van der Waals surface area (Å²) in [7, 11) is 0. The van der Waals surface area contributed by atoms with Gasteiger partial charge in [-0.15, -0.1) is 0 Å². The lowest BCUT2D eigenvalue weighted by Gasteiger charge is -2.11. The molecule has 1 heterocycles. The molecule has 4 nitrogen and oxygen atoms in total. The van der Waals surface area contributed by atoms with Crippen LogP contribution in [0.25, 0.3) is 11.0 Å². The number of carbonyl (C=O) groups excluding carboxylic acids is 1. The van der Waals surface area contributed by atoms with Gasteiger partial charge in [0, 0.05) is 12.1 Å². The van der Waals surface area contributed by atoms with Crippen molar-refractivity contribution in [3.63, 3.8) is 0 Å². The van der Waals surface area contributed by atoms with Crippen molar-refractivity contribution < 1.29 is 4.79 Å². The van der Waals surface area contributed by atoms with Gasteiger partial charge in [-0.1, -0.05) is 75.8 Å². The van der Waals surface area contributed by atoms with E-state index in [4.69, 9.17) is 4.98 Å². The van der Waals surface area contributed by atoms with Crippen LogP contribution in [-0.2, 0) is 13.1 Å². The quantitative estimate of drug-likeness (QED) is 0.406. The first-order valence-corrected chi connectivity index (χ1v) is 11.0. The zero-order valence-electron chi connectivity index (χ0n) is 17.8. The van der Waals surface area contributed by atoms with Crippen molar-refractivity contribution in [2.24, 2.45) is 0 Å². The van der Waals surface area contributed by atoms with E-state index < -0.39 is 0 Å². The maximum Gasteiger partial charge on any atom is 0.251 e. The number of hydrogen-bond acceptors (Lipinski definition) is 2. The summed E-state index contributed by atoms with van der Waals surface area (Å²) in [4.78, 5) is 17.4. The standard InChI is InChI=1S/C25H33N3O/c1-3-4-5-6-7-8-13-18-28-23-17-12-11-16-22(23)27-24(28)19-26-25(29)21-15-10-9-14-20(21)2/h9-12,14-17H,3-8,13,18-19H2,1-2H3,(H,26,29). The molecule has 0 bridgehead atoms. The number of carbonyl (C=O) groups is 1. The molecule has 4 heteroatoms. The number of aryl methyl sites for hydroxylation is 2. The predicted molar refractivity (Wildman–Crippen MR) is 120 cm³/mol. The van der Waals surface area contributed by atoms with E-state index in [0.29, 0.717) is 6.54 Å². The number of fused-ring (bicyclic) bond motifs is 1. The van der Waals surface area contributed by atoms with E-state index in [2.05, 4.69) is 28.9 Å². The number of hydrogen-bond donors (Lipinski definition) is 1. The van der Waals surface area contributed by atoms with Crippen molar-refractivity contribution in [3.8, 4) is 0 Å². The number of unbranched alkanes of at least 4 members (excludes halogenated alkanes) is 6. The number of benzene rings is 2. The second-order valence-electron chi connectivity index (χ2n) is 7.79. The van der Waals surface area contributed by atoms with E-state index in [1.54, 1.807) is 0 Å². The molecular weight excluding hydrogens is 358 g/mol. The van der Waals surface area contributed by atoms with Gasteiger partial charge in [0.2, 0.25) is 0 Å². The number of nitrogens with one attached hydrogen (secondary N) is 1. The van der Waals surface area contributed by atoms with Crippen LogP contribution in [0.15, 0.2) is 48.5 Å². The van der Waals surface area contributed by atoms with E-state index in [-0.39, 0.29) is 5.91 Å². The van der Waals surface area contributed by atoms with Crippen molar-refractivity contribution in [1.29, 1.82) is 0 Å². The highest BCUT2D eigenvalue weighted by Gasteiger charge is 2.13. The van der Waals surface area contributed by atoms with E-state index in [1.807, 2.05) is 43.3 Å². The number of para-hydroxylation sites is 2. The van der Waals surface area contributed by atoms with E-state index in [1.165, 1.54) is 38.5 Å². The van der Waals surface area contributed by atoms with E-state index in [9.17, 15) is 4.79 Å². The number of rotatable bonds is 11. The van der Waals surface area contributed by atoms with Crippen LogP contribution >= 0.6 is 0 Å². The summed E-state index contributed by atoms with van der Waals surface area (Å²) >= 11 is 0. The molecule has 0 aliphatic rings. The Morgan fingerprint density at radius 1 is 0.931 bits per heavy atom. The Labute approximate surface area is 174 Å². The monoisotopic (exact) mass is 391 g/mol. The Hall–Kier alpha value is -2.62. The molecule has 154 valence electrons. The number of nitrogens with zero attached hydrogens (tertiary/aromatic N) is 2. The zero-order valence-corrected chi connectivity index (χ0v) is 17.8. The van der Waals surface area contributed by atoms with Gasteiger partial charge in [0.25, 0.3) is 5.91 Å². The van der Waals surface area contributed by atoms with Gasteiger partial charge in [0.1, 0.15) is 5.82 Å². The molecule has 2 aromatic carbocycles. The minimum Gasteiger partial charge on any atom is -0.345 e. The first-order chi connectivity index (χ1) is 14.2. The van der Waals surface area contributed by atoms with Crippen molar-refractivity contribution in [3.05, 3.63) is 65.5 Å². The van der Waals surface area contributed by atoms with Crippen molar-refractivity contribution in [2.75, 3.05) is 0 Å². The van der Waals surface area contributed by atoms with Gasteiger partial charge >= 0.3 is 0 Å². The molecule has 3 aromatic rings. The van der Waals surface area contributed by atoms with Crippen molar-refractivity contribution >= 4 is 16.9 Å². The lowest BCUT2D eigenvalue weighted by molar-refractivity contribution is 0.0949. The highest BCUT2D eigenvalue weighted by atomic mass is 16.1. The van der Waals surface area contributed by atoms with Gasteiger partial charge in [-0.05, 0) is 37.1 Å². The van der Waals surface area contributed by atoms with Gasteiger partial charge in [-0.25, -0.2) is 4.98 Å². The molecule has 0 saturated heterocycles. The zero-order chi connectivity index (χ0) is 20.5. The minimum absolute atomic E-state index is 0.0439. The molecule has 0 spiro atoms. The van der Waals surface area contributed by atoms with Crippen LogP contribution in [0.2, 0.25) is 0 Å². The maximum absolute atomic E-state index is 12.6. The fraction of sp³-hybridized carbons (Fsp3) is 0.440. The molecule has 0 aliphatic heterocycles. The summed E-state index contributed by atoms with van der Waals surface area (Å²) in [5.74, 6) is 0.886. The number of amides is 1. The first kappa shape index (κ1) is 21.1. The third-order valence-electron chi connectivity index (χ3n) is 5.52. The smallest absolute Gasteiger partial charge is 0.251 e. The minimum atomic E-state index is -0.0439. The van der Waals surface area contributed by atoms with Crippen molar-refractivity contribution in [2.45, 2.75) is 71.9 Å². The Morgan fingerprint density at radius 3 is 2.41 bits per heavy atom. The summed E-state index contributed by atoms with van der Waals surface area (Å²) in [6.07, 6.45) is 9.00. The third kappa shape index (κ3) is 5.69. The average Bonchev–Trinajstić information content (AvgIpc) is 3.09. The second-order valence-corrected chi connectivity index (χ2v) is 7.79. The van der Waals surface area contributed by atoms with E-state index >= 15 is 0 Å². The SMILES string of the molecule is CCCCCCCCCn1c(CNC(=O)c2ccccc2C)nc2ccccc21. The molecule has 29 heavy (non-hydrogen) atoms. The fourth-order valence-corrected chi connectivity index (χ4v) is 3.82. The Morgan fingerprint density at radius 2 is 1.62 bits per heavy atom. The van der Waals surface area contributed by atoms with Crippen molar-refractivity contribution in [1.82, 2.24) is 14.9 Å². The predicted octanol–water partition coefficient (Wildman–Crippen LogP) is 6.03. The van der Waals surface area contributed by atoms with E-state index in [0.717, 1.165) is 41.0 Å². The molecule has 0 fully saturated rings. The number of imidazole rings is 1. The van der Waals surface area contributed by atoms with Gasteiger partial charge in [0.15, 0.2) is 0 Å². The Kier molecular flexibility index (Phi) is 7.85. The second kappa shape index (κ2) is 10.8. The van der Waals surface area contributed by atoms with Gasteiger partial charge < -0.3 is 9.88 Å². The molecule has 0 atom stereocenters. The molecule has 1 N–H and O–H groups in total. The normalized spacial score (nSPS) is 11.1. The highest BCUT2D eigenvalue weighted by Crippen LogP contribution is 2.18. The Bertz CT molecular complexity index is 929. The van der Waals surface area contributed by atoms with Crippen LogP contribution in [0.3, 0.4) is 0 Å². The molecule has 0 radical (unpaired) electrons. The molecule has 0 saturated carbocycles. The third-order valence-corrected chi connectivity index (χ3v) is 5.52. The van der Waals surface area contributed by atoms with Crippen LogP contribution < -0.4 is 5.32 Å². The Balaban J connectivity index is 1.63. The molecule has 1 aromatic heterocycles. The molecule has 0 aliphatic carbocycles. The molecular formula is C25H33N3O. The lowest BCUT2D eigenvalue weighted by atomic mass is 10.1. The summed E-state index contributed by atoms with van der Waals surface area (Å²) < 4.78 is 2.28. The summed E-state index contributed by atoms with van der Waals surface area (Å²) in [6.45, 7) is 5.61. The van der Waals surface area contributed by atoms with Crippen LogP contribution in [0, 0.1) is 6.92 Å². The summed E-state index contributed by atoms with van der Waals surface area (Å²) in [5, 5.41) is 3.06. The van der Waals surface area contributed by atoms with Crippen LogP contribution in [-0.4, -0.2) is 15.5 Å². The maximum atomic E-state index is 12.6. The van der Waals surface area contributed by atoms with Crippen LogP contribution in [0.5, 0.6) is 0 Å². The molecule has 1 amide bonds. The largest absolute Gasteiger partial charge is 0.345 e. The number of aromatic nitrogens is 2. The molecule has 0 unspecified atom stereocenters. The van der Waals surface area contributed by atoms with Gasteiger partial charge in [-0.2, -0.15) is 0 Å². The van der Waals surface area contributed by atoms with Crippen LogP contribution in [0.1, 0.15) is 73.6 Å². The summed E-state index contributed by atoms with van der Waals surface area (Å²) in [6, 6.07) is 15.9. The average molecular weight is 392 g/mol. The van der Waals surface area contributed by atoms with Crippen LogP contribution in [0.4, 0.5) is 0 Å². The topological polar surface area (TPSA) is 46.9 Å². The molecule has 3 rings (SSSR count). The lowest BCUT2D eigenvalue weighted by Crippen LogP contribution is -2.25. The van der Waals surface area contributed by atoms with Gasteiger partial charge in [0.05, 0.1) is 17.6 Å². The summed E-state index contributed by atoms with van der Waals surface area (Å²) in [5.41, 5.74) is 3.86. The highest BCUT2D eigenvalue weighted by molar-refractivity contribution is 5.95. The first-order valence-electron chi connectivity index (χ1n) is 11.0. The fourth-order valence-electron chi connectivity index (χ4n) is 3.82.